The molecule has 9 heteroatoms. The van der Waals surface area contributed by atoms with Crippen LogP contribution in [-0.4, -0.2) is 31.9 Å². The van der Waals surface area contributed by atoms with Crippen LogP contribution in [0.2, 0.25) is 0 Å². The molecule has 134 valence electrons. The van der Waals surface area contributed by atoms with Gasteiger partial charge in [0.2, 0.25) is 6.79 Å². The van der Waals surface area contributed by atoms with Crippen molar-refractivity contribution in [2.75, 3.05) is 18.7 Å². The first kappa shape index (κ1) is 19.8. The molecular weight excluding hydrogens is 329 g/mol. The van der Waals surface area contributed by atoms with Gasteiger partial charge in [-0.05, 0) is 30.2 Å². The number of hydrogen-bond acceptors (Lipinski definition) is 5. The quantitative estimate of drug-likeness (QED) is 0.654. The monoisotopic (exact) mass is 348 g/mol. The van der Waals surface area contributed by atoms with E-state index in [-0.39, 0.29) is 11.6 Å². The number of nitrogens with zero attached hydrogens (tertiary/aromatic N) is 1. The van der Waals surface area contributed by atoms with Crippen molar-refractivity contribution < 1.29 is 32.2 Å². The highest BCUT2D eigenvalue weighted by atomic mass is 19.4. The molecule has 0 bridgehead atoms. The van der Waals surface area contributed by atoms with Crippen LogP contribution in [0.3, 0.4) is 0 Å². The fourth-order valence-electron chi connectivity index (χ4n) is 1.58. The van der Waals surface area contributed by atoms with Gasteiger partial charge in [0.05, 0.1) is 5.56 Å². The molecule has 1 aromatic rings. The van der Waals surface area contributed by atoms with Gasteiger partial charge in [-0.1, -0.05) is 13.8 Å². The van der Waals surface area contributed by atoms with Crippen LogP contribution in [0.1, 0.15) is 19.4 Å². The van der Waals surface area contributed by atoms with Gasteiger partial charge in [-0.15, -0.1) is 0 Å². The third-order valence-corrected chi connectivity index (χ3v) is 3.23. The zero-order valence-electron chi connectivity index (χ0n) is 13.5. The summed E-state index contributed by atoms with van der Waals surface area (Å²) in [6, 6.07) is 3.12. The van der Waals surface area contributed by atoms with Gasteiger partial charge in [0.1, 0.15) is 6.04 Å². The lowest BCUT2D eigenvalue weighted by Gasteiger charge is -2.18. The molecular formula is C15H19F3N2O4. The van der Waals surface area contributed by atoms with Crippen LogP contribution in [0.15, 0.2) is 24.3 Å². The molecule has 0 heterocycles. The number of esters is 1. The van der Waals surface area contributed by atoms with E-state index < -0.39 is 36.6 Å². The molecule has 0 fully saturated rings. The van der Waals surface area contributed by atoms with Gasteiger partial charge < -0.3 is 15.2 Å². The molecule has 0 saturated heterocycles. The van der Waals surface area contributed by atoms with Gasteiger partial charge in [-0.2, -0.15) is 13.2 Å². The van der Waals surface area contributed by atoms with Crippen LogP contribution >= 0.6 is 0 Å². The Morgan fingerprint density at radius 3 is 2.17 bits per heavy atom. The van der Waals surface area contributed by atoms with Crippen molar-refractivity contribution in [3.8, 4) is 0 Å². The molecule has 0 spiro atoms. The van der Waals surface area contributed by atoms with Crippen molar-refractivity contribution >= 4 is 17.7 Å². The second kappa shape index (κ2) is 8.00. The first-order valence-corrected chi connectivity index (χ1v) is 7.04. The first-order valence-electron chi connectivity index (χ1n) is 7.04. The maximum atomic E-state index is 12.5. The highest BCUT2D eigenvalue weighted by Crippen LogP contribution is 2.30. The number of anilines is 1. The number of rotatable bonds is 5. The van der Waals surface area contributed by atoms with E-state index in [4.69, 9.17) is 15.2 Å². The van der Waals surface area contributed by atoms with Crippen LogP contribution in [0.4, 0.5) is 23.7 Å². The number of ether oxygens (including phenoxy) is 2. The summed E-state index contributed by atoms with van der Waals surface area (Å²) in [5, 5.41) is 0. The molecule has 1 unspecified atom stereocenters. The Labute approximate surface area is 137 Å². The minimum absolute atomic E-state index is 0.136. The van der Waals surface area contributed by atoms with Crippen LogP contribution < -0.4 is 10.6 Å². The van der Waals surface area contributed by atoms with Crippen molar-refractivity contribution in [1.82, 2.24) is 0 Å². The second-order valence-corrected chi connectivity index (χ2v) is 5.36. The summed E-state index contributed by atoms with van der Waals surface area (Å²) in [6.07, 6.45) is -5.35. The third-order valence-electron chi connectivity index (χ3n) is 3.23. The van der Waals surface area contributed by atoms with Crippen LogP contribution in [0.5, 0.6) is 0 Å². The number of carbonyl (C=O) groups excluding carboxylic acids is 2. The number of alkyl halides is 3. The maximum absolute atomic E-state index is 12.5. The Kier molecular flexibility index (Phi) is 6.59. The minimum atomic E-state index is -4.46. The first-order chi connectivity index (χ1) is 11.0. The molecule has 1 rings (SSSR count). The Morgan fingerprint density at radius 2 is 1.71 bits per heavy atom. The van der Waals surface area contributed by atoms with Crippen LogP contribution in [0, 0.1) is 5.92 Å². The topological polar surface area (TPSA) is 81.9 Å². The van der Waals surface area contributed by atoms with E-state index >= 15 is 0 Å². The Balaban J connectivity index is 2.55. The van der Waals surface area contributed by atoms with E-state index in [2.05, 4.69) is 0 Å². The van der Waals surface area contributed by atoms with Crippen molar-refractivity contribution in [3.05, 3.63) is 29.8 Å². The summed E-state index contributed by atoms with van der Waals surface area (Å²) in [5.41, 5.74) is 4.92. The zero-order chi connectivity index (χ0) is 18.5. The predicted octanol–water partition coefficient (Wildman–Crippen LogP) is 2.76. The minimum Gasteiger partial charge on any atom is -0.427 e. The lowest BCUT2D eigenvalue weighted by molar-refractivity contribution is -0.154. The molecule has 1 amide bonds. The summed E-state index contributed by atoms with van der Waals surface area (Å²) in [7, 11) is 1.31. The van der Waals surface area contributed by atoms with Crippen molar-refractivity contribution in [2.24, 2.45) is 11.7 Å². The van der Waals surface area contributed by atoms with Crippen molar-refractivity contribution in [1.29, 1.82) is 0 Å². The number of benzene rings is 1. The van der Waals surface area contributed by atoms with Gasteiger partial charge in [0.15, 0.2) is 0 Å². The SMILES string of the molecule is CC(C)C(N)C(=O)OCOC(=O)N(C)c1ccc(C(F)(F)F)cc1. The lowest BCUT2D eigenvalue weighted by Crippen LogP contribution is -2.38. The second-order valence-electron chi connectivity index (χ2n) is 5.36. The largest absolute Gasteiger partial charge is 0.427 e. The number of nitrogens with two attached hydrogens (primary N) is 1. The molecule has 0 aliphatic carbocycles. The smallest absolute Gasteiger partial charge is 0.416 e. The van der Waals surface area contributed by atoms with Crippen molar-refractivity contribution in [3.63, 3.8) is 0 Å². The van der Waals surface area contributed by atoms with Gasteiger partial charge >= 0.3 is 18.2 Å². The maximum Gasteiger partial charge on any atom is 0.416 e. The predicted molar refractivity (Wildman–Crippen MR) is 80.1 cm³/mol. The Bertz CT molecular complexity index is 573. The van der Waals surface area contributed by atoms with Gasteiger partial charge in [0.25, 0.3) is 0 Å². The number of halogens is 3. The van der Waals surface area contributed by atoms with Crippen LogP contribution in [0.25, 0.3) is 0 Å². The number of carbonyl (C=O) groups is 2. The molecule has 0 aliphatic heterocycles. The average molecular weight is 348 g/mol. The molecule has 24 heavy (non-hydrogen) atoms. The molecule has 6 nitrogen and oxygen atoms in total. The molecule has 0 saturated carbocycles. The van der Waals surface area contributed by atoms with E-state index in [9.17, 15) is 22.8 Å². The fourth-order valence-corrected chi connectivity index (χ4v) is 1.58. The summed E-state index contributed by atoms with van der Waals surface area (Å²) >= 11 is 0. The zero-order valence-corrected chi connectivity index (χ0v) is 13.5. The highest BCUT2D eigenvalue weighted by Gasteiger charge is 2.30. The Hall–Kier alpha value is -2.29. The standard InChI is InChI=1S/C15H19F3N2O4/c1-9(2)12(19)13(21)23-8-24-14(22)20(3)11-6-4-10(5-7-11)15(16,17)18/h4-7,9,12H,8,19H2,1-3H3. The van der Waals surface area contributed by atoms with E-state index in [1.54, 1.807) is 13.8 Å². The lowest BCUT2D eigenvalue weighted by atomic mass is 10.1. The van der Waals surface area contributed by atoms with E-state index in [1.807, 2.05) is 0 Å². The fraction of sp³-hybridized carbons (Fsp3) is 0.467. The summed E-state index contributed by atoms with van der Waals surface area (Å²) in [4.78, 5) is 24.2. The molecule has 0 aromatic heterocycles. The summed E-state index contributed by atoms with van der Waals surface area (Å²) < 4.78 is 46.9. The van der Waals surface area contributed by atoms with E-state index in [0.717, 1.165) is 29.2 Å². The van der Waals surface area contributed by atoms with Crippen LogP contribution in [-0.2, 0) is 20.4 Å². The summed E-state index contributed by atoms with van der Waals surface area (Å²) in [5.74, 6) is -0.849. The third kappa shape index (κ3) is 5.41. The normalized spacial score (nSPS) is 12.7. The molecule has 1 aromatic carbocycles. The Morgan fingerprint density at radius 1 is 1.17 bits per heavy atom. The molecule has 0 radical (unpaired) electrons. The molecule has 1 atom stereocenters. The van der Waals surface area contributed by atoms with Gasteiger partial charge in [0, 0.05) is 12.7 Å². The number of amides is 1. The highest BCUT2D eigenvalue weighted by molar-refractivity contribution is 5.87. The van der Waals surface area contributed by atoms with Gasteiger partial charge in [-0.3, -0.25) is 9.69 Å². The van der Waals surface area contributed by atoms with E-state index in [0.29, 0.717) is 0 Å². The summed E-state index contributed by atoms with van der Waals surface area (Å²) in [6.45, 7) is 2.83. The van der Waals surface area contributed by atoms with E-state index in [1.165, 1.54) is 7.05 Å². The molecule has 2 N–H and O–H groups in total. The number of hydrogen-bond donors (Lipinski definition) is 1. The molecule has 0 aliphatic rings. The average Bonchev–Trinajstić information content (AvgIpc) is 2.52. The van der Waals surface area contributed by atoms with Gasteiger partial charge in [-0.25, -0.2) is 4.79 Å². The van der Waals surface area contributed by atoms with Crippen molar-refractivity contribution in [2.45, 2.75) is 26.1 Å².